The maximum Gasteiger partial charge on any atom is 0.306 e. The molecule has 6 heteroatoms. The molecule has 0 aromatic heterocycles. The van der Waals surface area contributed by atoms with Crippen molar-refractivity contribution in [2.45, 2.75) is 135 Å². The summed E-state index contributed by atoms with van der Waals surface area (Å²) in [4.78, 5) is 37.8. The van der Waals surface area contributed by atoms with Crippen LogP contribution in [0.4, 0.5) is 0 Å². The lowest BCUT2D eigenvalue weighted by atomic mass is 9.45. The molecule has 2 N–H and O–H groups in total. The molecule has 0 unspecified atom stereocenters. The van der Waals surface area contributed by atoms with Crippen LogP contribution in [-0.4, -0.2) is 46.1 Å². The van der Waals surface area contributed by atoms with Crippen molar-refractivity contribution in [2.75, 3.05) is 6.61 Å². The average molecular weight is 531 g/mol. The second-order valence-electron chi connectivity index (χ2n) is 13.3. The number of hydrogen-bond donors (Lipinski definition) is 2. The Morgan fingerprint density at radius 3 is 2.39 bits per heavy atom. The highest BCUT2D eigenvalue weighted by atomic mass is 16.5. The van der Waals surface area contributed by atoms with E-state index in [9.17, 15) is 24.6 Å². The molecule has 0 radical (unpaired) electrons. The second-order valence-corrected chi connectivity index (χ2v) is 13.3. The Kier molecular flexibility index (Phi) is 9.24. The summed E-state index contributed by atoms with van der Waals surface area (Å²) >= 11 is 0. The van der Waals surface area contributed by atoms with Crippen molar-refractivity contribution in [3.8, 4) is 0 Å². The van der Waals surface area contributed by atoms with Gasteiger partial charge in [-0.15, -0.1) is 0 Å². The Balaban J connectivity index is 1.32. The van der Waals surface area contributed by atoms with Crippen LogP contribution in [0.3, 0.4) is 0 Å². The number of hydrogen-bond acceptors (Lipinski definition) is 6. The number of aliphatic hydroxyl groups excluding tert-OH is 1. The van der Waals surface area contributed by atoms with Crippen LogP contribution >= 0.6 is 0 Å². The van der Waals surface area contributed by atoms with Crippen LogP contribution in [0.25, 0.3) is 0 Å². The molecule has 7 atom stereocenters. The van der Waals surface area contributed by atoms with Gasteiger partial charge in [0.05, 0.1) is 6.10 Å². The van der Waals surface area contributed by atoms with Crippen molar-refractivity contribution in [3.63, 3.8) is 0 Å². The van der Waals surface area contributed by atoms with E-state index in [1.807, 2.05) is 13.0 Å². The predicted molar refractivity (Wildman–Crippen MR) is 146 cm³/mol. The third-order valence-electron chi connectivity index (χ3n) is 11.1. The molecule has 0 aromatic rings. The number of aliphatic hydroxyl groups is 2. The van der Waals surface area contributed by atoms with Crippen LogP contribution in [0, 0.1) is 28.6 Å². The van der Waals surface area contributed by atoms with Crippen LogP contribution in [-0.2, 0) is 19.1 Å². The molecule has 214 valence electrons. The van der Waals surface area contributed by atoms with Crippen LogP contribution in [0.2, 0.25) is 0 Å². The molecule has 0 aromatic carbocycles. The minimum absolute atomic E-state index is 0.0376. The molecule has 4 aliphatic rings. The van der Waals surface area contributed by atoms with Gasteiger partial charge in [0.1, 0.15) is 5.60 Å². The first-order chi connectivity index (χ1) is 18.1. The summed E-state index contributed by atoms with van der Waals surface area (Å²) in [5.41, 5.74) is -1.38. The molecule has 3 fully saturated rings. The lowest BCUT2D eigenvalue weighted by molar-refractivity contribution is -0.184. The normalized spacial score (nSPS) is 38.1. The van der Waals surface area contributed by atoms with E-state index in [-0.39, 0.29) is 34.9 Å². The highest BCUT2D eigenvalue weighted by Crippen LogP contribution is 2.67. The third-order valence-corrected chi connectivity index (χ3v) is 11.1. The molecule has 6 nitrogen and oxygen atoms in total. The van der Waals surface area contributed by atoms with Gasteiger partial charge in [0.25, 0.3) is 0 Å². The van der Waals surface area contributed by atoms with E-state index in [0.29, 0.717) is 25.7 Å². The fourth-order valence-corrected chi connectivity index (χ4v) is 8.89. The van der Waals surface area contributed by atoms with E-state index in [1.54, 1.807) is 0 Å². The zero-order valence-corrected chi connectivity index (χ0v) is 23.9. The monoisotopic (exact) mass is 530 g/mol. The predicted octanol–water partition coefficient (Wildman–Crippen LogP) is 5.86. The molecule has 3 saturated carbocycles. The number of fused-ring (bicyclic) bond motifs is 5. The molecule has 0 heterocycles. The van der Waals surface area contributed by atoms with E-state index < -0.39 is 29.5 Å². The Morgan fingerprint density at radius 1 is 1.00 bits per heavy atom. The van der Waals surface area contributed by atoms with Gasteiger partial charge in [-0.05, 0) is 74.2 Å². The summed E-state index contributed by atoms with van der Waals surface area (Å²) < 4.78 is 5.35. The minimum atomic E-state index is -1.60. The maximum absolute atomic E-state index is 13.4. The van der Waals surface area contributed by atoms with Gasteiger partial charge in [0, 0.05) is 18.3 Å². The summed E-state index contributed by atoms with van der Waals surface area (Å²) in [6.07, 6.45) is 15.0. The van der Waals surface area contributed by atoms with Crippen molar-refractivity contribution in [1.29, 1.82) is 0 Å². The van der Waals surface area contributed by atoms with Gasteiger partial charge >= 0.3 is 5.97 Å². The van der Waals surface area contributed by atoms with Gasteiger partial charge in [-0.1, -0.05) is 71.3 Å². The van der Waals surface area contributed by atoms with Crippen molar-refractivity contribution in [3.05, 3.63) is 11.6 Å². The van der Waals surface area contributed by atoms with Crippen molar-refractivity contribution < 1.29 is 29.3 Å². The zero-order valence-electron chi connectivity index (χ0n) is 23.9. The van der Waals surface area contributed by atoms with E-state index in [4.69, 9.17) is 4.74 Å². The molecule has 0 saturated heterocycles. The second kappa shape index (κ2) is 11.9. The van der Waals surface area contributed by atoms with E-state index in [2.05, 4.69) is 13.8 Å². The number of esters is 1. The average Bonchev–Trinajstić information content (AvgIpc) is 3.15. The van der Waals surface area contributed by atoms with Gasteiger partial charge in [-0.3, -0.25) is 14.4 Å². The van der Waals surface area contributed by atoms with Crippen molar-refractivity contribution >= 4 is 17.5 Å². The van der Waals surface area contributed by atoms with E-state index >= 15 is 0 Å². The number of carbonyl (C=O) groups excluding carboxylic acids is 3. The molecular formula is C32H50O6. The number of ketones is 2. The molecule has 0 amide bonds. The Morgan fingerprint density at radius 2 is 1.68 bits per heavy atom. The van der Waals surface area contributed by atoms with Crippen LogP contribution in [0.15, 0.2) is 11.6 Å². The van der Waals surface area contributed by atoms with Crippen LogP contribution in [0.1, 0.15) is 124 Å². The van der Waals surface area contributed by atoms with Gasteiger partial charge < -0.3 is 14.9 Å². The molecule has 4 aliphatic carbocycles. The molecule has 0 spiro atoms. The molecular weight excluding hydrogens is 480 g/mol. The Hall–Kier alpha value is -1.53. The number of allylic oxidation sites excluding steroid dienone is 1. The Bertz CT molecular complexity index is 925. The maximum atomic E-state index is 13.4. The minimum Gasteiger partial charge on any atom is -0.458 e. The Labute approximate surface area is 229 Å². The quantitative estimate of drug-likeness (QED) is 0.242. The van der Waals surface area contributed by atoms with Gasteiger partial charge in [0.15, 0.2) is 12.4 Å². The summed E-state index contributed by atoms with van der Waals surface area (Å²) in [7, 11) is 0. The van der Waals surface area contributed by atoms with Gasteiger partial charge in [-0.2, -0.15) is 0 Å². The molecule has 4 rings (SSSR count). The first-order valence-electron chi connectivity index (χ1n) is 15.4. The third kappa shape index (κ3) is 5.41. The number of unbranched alkanes of at least 4 members (excludes halogenated alkanes) is 7. The SMILES string of the molecule is CCCCCCCCCCC(=O)OCC(=O)[C@@]1(O)CC[C@H]2[C@@H]3CCC4=CC(=O)CC[C@]4(C)[C@H]3[C@@H](O)C[C@@]21C. The smallest absolute Gasteiger partial charge is 0.306 e. The number of rotatable bonds is 12. The highest BCUT2D eigenvalue weighted by Gasteiger charge is 2.68. The largest absolute Gasteiger partial charge is 0.458 e. The lowest BCUT2D eigenvalue weighted by Gasteiger charge is -2.60. The topological polar surface area (TPSA) is 101 Å². The van der Waals surface area contributed by atoms with Crippen molar-refractivity contribution in [1.82, 2.24) is 0 Å². The number of ether oxygens (including phenoxy) is 1. The number of carbonyl (C=O) groups is 3. The summed E-state index contributed by atoms with van der Waals surface area (Å²) in [6, 6.07) is 0. The van der Waals surface area contributed by atoms with Crippen LogP contribution in [0.5, 0.6) is 0 Å². The van der Waals surface area contributed by atoms with Gasteiger partial charge in [0.2, 0.25) is 5.78 Å². The molecule has 0 aliphatic heterocycles. The highest BCUT2D eigenvalue weighted by molar-refractivity contribution is 5.92. The molecule has 38 heavy (non-hydrogen) atoms. The van der Waals surface area contributed by atoms with Crippen molar-refractivity contribution in [2.24, 2.45) is 28.6 Å². The fourth-order valence-electron chi connectivity index (χ4n) is 8.89. The number of Topliss-reactive ketones (excluding diaryl/α,β-unsaturated/α-hetero) is 1. The first-order valence-corrected chi connectivity index (χ1v) is 15.4. The summed E-state index contributed by atoms with van der Waals surface area (Å²) in [6.45, 7) is 5.97. The fraction of sp³-hybridized carbons (Fsp3) is 0.844. The molecule has 0 bridgehead atoms. The standard InChI is InChI=1S/C32H50O6/c1-4-5-6-7-8-9-10-11-12-28(36)38-21-27(35)32(37)18-16-25-24-14-13-22-19-23(33)15-17-30(22,2)29(24)26(34)20-31(25,32)3/h19,24-26,29,34,37H,4-18,20-21H2,1-3H3/t24-,25-,26-,29+,30-,31-,32-/m0/s1. The first kappa shape index (κ1) is 29.5. The zero-order chi connectivity index (χ0) is 27.6. The lowest BCUT2D eigenvalue weighted by Crippen LogP contribution is -2.62. The van der Waals surface area contributed by atoms with E-state index in [1.165, 1.54) is 37.7 Å². The van der Waals surface area contributed by atoms with E-state index in [0.717, 1.165) is 44.9 Å². The summed E-state index contributed by atoms with van der Waals surface area (Å²) in [5.74, 6) is -0.259. The van der Waals surface area contributed by atoms with Crippen LogP contribution < -0.4 is 0 Å². The summed E-state index contributed by atoms with van der Waals surface area (Å²) in [5, 5.41) is 23.3. The van der Waals surface area contributed by atoms with Gasteiger partial charge in [-0.25, -0.2) is 0 Å².